The molecule has 0 saturated heterocycles. The highest BCUT2D eigenvalue weighted by atomic mass is 32.1. The zero-order valence-corrected chi connectivity index (χ0v) is 11.6. The van der Waals surface area contributed by atoms with Gasteiger partial charge in [-0.2, -0.15) is 0 Å². The quantitative estimate of drug-likeness (QED) is 0.853. The van der Waals surface area contributed by atoms with Crippen molar-refractivity contribution in [2.45, 2.75) is 64.5 Å². The molecule has 1 N–H and O–H groups in total. The Morgan fingerprint density at radius 1 is 1.35 bits per heavy atom. The standard InChI is InChI=1S/C15H23NS/c1-2-11-6-7-13(8-11)16-10-14-9-12-4-3-5-15(12)17-14/h9,11,13,16H,2-8,10H2,1H3. The monoisotopic (exact) mass is 249 g/mol. The van der Waals surface area contributed by atoms with Crippen molar-refractivity contribution < 1.29 is 0 Å². The van der Waals surface area contributed by atoms with Crippen molar-refractivity contribution in [3.05, 3.63) is 21.4 Å². The summed E-state index contributed by atoms with van der Waals surface area (Å²) in [4.78, 5) is 3.23. The molecule has 2 aliphatic rings. The number of hydrogen-bond donors (Lipinski definition) is 1. The van der Waals surface area contributed by atoms with Crippen LogP contribution in [-0.4, -0.2) is 6.04 Å². The number of hydrogen-bond acceptors (Lipinski definition) is 2. The summed E-state index contributed by atoms with van der Waals surface area (Å²) in [6.45, 7) is 3.44. The third kappa shape index (κ3) is 2.58. The van der Waals surface area contributed by atoms with Gasteiger partial charge in [0.1, 0.15) is 0 Å². The minimum atomic E-state index is 0.789. The zero-order valence-electron chi connectivity index (χ0n) is 10.8. The summed E-state index contributed by atoms with van der Waals surface area (Å²) in [6, 6.07) is 3.24. The van der Waals surface area contributed by atoms with E-state index in [0.29, 0.717) is 0 Å². The van der Waals surface area contributed by atoms with E-state index >= 15 is 0 Å². The Labute approximate surface area is 109 Å². The van der Waals surface area contributed by atoms with Gasteiger partial charge in [0.25, 0.3) is 0 Å². The molecule has 1 saturated carbocycles. The molecule has 2 atom stereocenters. The van der Waals surface area contributed by atoms with Crippen LogP contribution in [0.1, 0.15) is 54.3 Å². The molecule has 17 heavy (non-hydrogen) atoms. The van der Waals surface area contributed by atoms with E-state index in [-0.39, 0.29) is 0 Å². The minimum Gasteiger partial charge on any atom is -0.309 e. The maximum absolute atomic E-state index is 3.76. The molecule has 1 aromatic rings. The fraction of sp³-hybridized carbons (Fsp3) is 0.733. The van der Waals surface area contributed by atoms with E-state index in [4.69, 9.17) is 0 Å². The molecular weight excluding hydrogens is 226 g/mol. The summed E-state index contributed by atoms with van der Waals surface area (Å²) in [5, 5.41) is 3.76. The van der Waals surface area contributed by atoms with E-state index in [2.05, 4.69) is 18.3 Å². The molecule has 3 rings (SSSR count). The van der Waals surface area contributed by atoms with Crippen LogP contribution in [-0.2, 0) is 19.4 Å². The van der Waals surface area contributed by atoms with Gasteiger partial charge in [0.05, 0.1) is 0 Å². The Hall–Kier alpha value is -0.340. The van der Waals surface area contributed by atoms with Crippen molar-refractivity contribution in [1.82, 2.24) is 5.32 Å². The lowest BCUT2D eigenvalue weighted by atomic mass is 10.1. The largest absolute Gasteiger partial charge is 0.309 e. The second-order valence-electron chi connectivity index (χ2n) is 5.68. The van der Waals surface area contributed by atoms with Gasteiger partial charge >= 0.3 is 0 Å². The zero-order chi connectivity index (χ0) is 11.7. The van der Waals surface area contributed by atoms with Gasteiger partial charge in [0.15, 0.2) is 0 Å². The number of rotatable bonds is 4. The number of thiophene rings is 1. The van der Waals surface area contributed by atoms with E-state index in [1.165, 1.54) is 44.9 Å². The molecule has 0 aromatic carbocycles. The van der Waals surface area contributed by atoms with E-state index in [1.54, 1.807) is 15.3 Å². The third-order valence-electron chi connectivity index (χ3n) is 4.48. The van der Waals surface area contributed by atoms with Gasteiger partial charge in [-0.15, -0.1) is 11.3 Å². The minimum absolute atomic E-state index is 0.789. The normalized spacial score (nSPS) is 27.6. The summed E-state index contributed by atoms with van der Waals surface area (Å²) in [5.74, 6) is 0.987. The summed E-state index contributed by atoms with van der Waals surface area (Å²) in [7, 11) is 0. The van der Waals surface area contributed by atoms with Crippen molar-refractivity contribution in [3.63, 3.8) is 0 Å². The maximum atomic E-state index is 3.76. The first-order valence-corrected chi connectivity index (χ1v) is 8.00. The molecule has 1 heterocycles. The van der Waals surface area contributed by atoms with Crippen LogP contribution in [0.4, 0.5) is 0 Å². The van der Waals surface area contributed by atoms with E-state index in [1.807, 2.05) is 11.3 Å². The molecule has 94 valence electrons. The van der Waals surface area contributed by atoms with Crippen molar-refractivity contribution in [3.8, 4) is 0 Å². The number of fused-ring (bicyclic) bond motifs is 1. The number of aryl methyl sites for hydroxylation is 2. The summed E-state index contributed by atoms with van der Waals surface area (Å²) in [5.41, 5.74) is 1.64. The molecule has 1 fully saturated rings. The van der Waals surface area contributed by atoms with Crippen LogP contribution in [0.3, 0.4) is 0 Å². The Balaban J connectivity index is 1.51. The average molecular weight is 249 g/mol. The van der Waals surface area contributed by atoms with Crippen LogP contribution in [0.2, 0.25) is 0 Å². The fourth-order valence-corrected chi connectivity index (χ4v) is 4.57. The molecule has 1 nitrogen and oxygen atoms in total. The molecule has 2 aliphatic carbocycles. The van der Waals surface area contributed by atoms with Gasteiger partial charge < -0.3 is 5.32 Å². The first-order chi connectivity index (χ1) is 8.35. The lowest BCUT2D eigenvalue weighted by Gasteiger charge is -2.11. The van der Waals surface area contributed by atoms with E-state index in [0.717, 1.165) is 18.5 Å². The van der Waals surface area contributed by atoms with Crippen LogP contribution in [0, 0.1) is 5.92 Å². The van der Waals surface area contributed by atoms with Gasteiger partial charge in [0, 0.05) is 22.3 Å². The number of nitrogens with one attached hydrogen (secondary N) is 1. The Kier molecular flexibility index (Phi) is 3.53. The van der Waals surface area contributed by atoms with Gasteiger partial charge in [-0.05, 0) is 56.1 Å². The van der Waals surface area contributed by atoms with Gasteiger partial charge in [-0.3, -0.25) is 0 Å². The second-order valence-corrected chi connectivity index (χ2v) is 6.90. The highest BCUT2D eigenvalue weighted by Gasteiger charge is 2.23. The van der Waals surface area contributed by atoms with Crippen molar-refractivity contribution in [1.29, 1.82) is 0 Å². The fourth-order valence-electron chi connectivity index (χ4n) is 3.35. The lowest BCUT2D eigenvalue weighted by molar-refractivity contribution is 0.478. The molecule has 0 spiro atoms. The first kappa shape index (κ1) is 11.7. The predicted molar refractivity (Wildman–Crippen MR) is 74.6 cm³/mol. The topological polar surface area (TPSA) is 12.0 Å². The molecule has 0 aliphatic heterocycles. The van der Waals surface area contributed by atoms with Crippen LogP contribution in [0.15, 0.2) is 6.07 Å². The summed E-state index contributed by atoms with van der Waals surface area (Å²) < 4.78 is 0. The smallest absolute Gasteiger partial charge is 0.0302 e. The van der Waals surface area contributed by atoms with E-state index in [9.17, 15) is 0 Å². The lowest BCUT2D eigenvalue weighted by Crippen LogP contribution is -2.25. The predicted octanol–water partition coefficient (Wildman–Crippen LogP) is 3.91. The highest BCUT2D eigenvalue weighted by Crippen LogP contribution is 2.31. The summed E-state index contributed by atoms with van der Waals surface area (Å²) in [6.07, 6.45) is 9.65. The SMILES string of the molecule is CCC1CCC(NCc2cc3c(s2)CCC3)C1. The summed E-state index contributed by atoms with van der Waals surface area (Å²) >= 11 is 2.05. The van der Waals surface area contributed by atoms with Crippen molar-refractivity contribution in [2.75, 3.05) is 0 Å². The van der Waals surface area contributed by atoms with Crippen LogP contribution in [0.25, 0.3) is 0 Å². The molecule has 0 bridgehead atoms. The highest BCUT2D eigenvalue weighted by molar-refractivity contribution is 7.12. The van der Waals surface area contributed by atoms with Crippen LogP contribution >= 0.6 is 11.3 Å². The van der Waals surface area contributed by atoms with Crippen LogP contribution in [0.5, 0.6) is 0 Å². The average Bonchev–Trinajstić information content (AvgIpc) is 3.01. The van der Waals surface area contributed by atoms with Gasteiger partial charge in [0.2, 0.25) is 0 Å². The van der Waals surface area contributed by atoms with Gasteiger partial charge in [-0.25, -0.2) is 0 Å². The van der Waals surface area contributed by atoms with Crippen LogP contribution < -0.4 is 5.32 Å². The molecule has 2 heteroatoms. The second kappa shape index (κ2) is 5.11. The van der Waals surface area contributed by atoms with Crippen molar-refractivity contribution >= 4 is 11.3 Å². The Morgan fingerprint density at radius 2 is 2.29 bits per heavy atom. The Bertz CT molecular complexity index is 361. The third-order valence-corrected chi connectivity index (χ3v) is 5.72. The molecule has 1 aromatic heterocycles. The molecule has 2 unspecified atom stereocenters. The van der Waals surface area contributed by atoms with Crippen molar-refractivity contribution in [2.24, 2.45) is 5.92 Å². The first-order valence-electron chi connectivity index (χ1n) is 7.19. The maximum Gasteiger partial charge on any atom is 0.0302 e. The molecule has 0 radical (unpaired) electrons. The van der Waals surface area contributed by atoms with Gasteiger partial charge in [-0.1, -0.05) is 13.3 Å². The molecular formula is C15H23NS. The molecule has 0 amide bonds. The van der Waals surface area contributed by atoms with E-state index < -0.39 is 0 Å². The Morgan fingerprint density at radius 3 is 3.06 bits per heavy atom.